The predicted molar refractivity (Wildman–Crippen MR) is 144 cm³/mol. The summed E-state index contributed by atoms with van der Waals surface area (Å²) in [6.07, 6.45) is 2.47. The summed E-state index contributed by atoms with van der Waals surface area (Å²) in [5.74, 6) is 0.148. The molecule has 0 aliphatic carbocycles. The average molecular weight is 542 g/mol. The third kappa shape index (κ3) is 6.69. The Morgan fingerprint density at radius 3 is 1.84 bits per heavy atom. The van der Waals surface area contributed by atoms with E-state index in [-0.39, 0.29) is 38.8 Å². The summed E-state index contributed by atoms with van der Waals surface area (Å²) in [7, 11) is 1.54. The Morgan fingerprint density at radius 2 is 1.32 bits per heavy atom. The fraction of sp³-hybridized carbons (Fsp3) is 0.0400. The van der Waals surface area contributed by atoms with Crippen molar-refractivity contribution in [2.75, 3.05) is 23.3 Å². The smallest absolute Gasteiger partial charge is 0.231 e. The van der Waals surface area contributed by atoms with E-state index in [0.29, 0.717) is 11.4 Å². The van der Waals surface area contributed by atoms with Crippen LogP contribution in [-0.4, -0.2) is 29.5 Å². The second kappa shape index (κ2) is 12.1. The van der Waals surface area contributed by atoms with Crippen LogP contribution in [0.1, 0.15) is 11.1 Å². The average Bonchev–Trinajstić information content (AvgIpc) is 2.88. The van der Waals surface area contributed by atoms with Gasteiger partial charge in [-0.05, 0) is 36.4 Å². The quantitative estimate of drug-likeness (QED) is 0.161. The Morgan fingerprint density at radius 1 is 0.784 bits per heavy atom. The van der Waals surface area contributed by atoms with Gasteiger partial charge in [-0.2, -0.15) is 20.2 Å². The molecule has 0 saturated heterocycles. The number of benzene rings is 3. The summed E-state index contributed by atoms with van der Waals surface area (Å²) in [5.41, 5.74) is 6.27. The van der Waals surface area contributed by atoms with E-state index >= 15 is 0 Å². The Hall–Kier alpha value is -4.28. The molecule has 0 radical (unpaired) electrons. The van der Waals surface area contributed by atoms with Gasteiger partial charge in [-0.3, -0.25) is 10.9 Å². The zero-order valence-corrected chi connectivity index (χ0v) is 20.7. The monoisotopic (exact) mass is 541 g/mol. The summed E-state index contributed by atoms with van der Waals surface area (Å²) < 4.78 is 33.4. The number of nitrogens with one attached hydrogen (secondary N) is 3. The van der Waals surface area contributed by atoms with Gasteiger partial charge in [-0.15, -0.1) is 0 Å². The van der Waals surface area contributed by atoms with E-state index in [0.717, 1.165) is 0 Å². The molecule has 188 valence electrons. The first-order valence-corrected chi connectivity index (χ1v) is 11.5. The topological polar surface area (TPSA) is 95.8 Å². The zero-order chi connectivity index (χ0) is 26.2. The van der Waals surface area contributed by atoms with Crippen molar-refractivity contribution in [1.29, 1.82) is 0 Å². The van der Waals surface area contributed by atoms with Crippen molar-refractivity contribution in [3.63, 3.8) is 0 Å². The lowest BCUT2D eigenvalue weighted by atomic mass is 10.2. The number of hydrogen-bond donors (Lipinski definition) is 3. The third-order valence-corrected chi connectivity index (χ3v) is 5.48. The zero-order valence-electron chi connectivity index (χ0n) is 19.2. The molecule has 8 nitrogen and oxygen atoms in total. The number of nitrogens with zero attached hydrogens (tertiary/aromatic N) is 4. The molecule has 3 aromatic carbocycles. The van der Waals surface area contributed by atoms with E-state index in [1.165, 1.54) is 49.9 Å². The molecule has 4 aromatic rings. The van der Waals surface area contributed by atoms with Crippen molar-refractivity contribution in [3.05, 3.63) is 99.5 Å². The molecular formula is C25H19Cl2F2N7O. The predicted octanol–water partition coefficient (Wildman–Crippen LogP) is 6.71. The van der Waals surface area contributed by atoms with Crippen molar-refractivity contribution in [2.24, 2.45) is 10.2 Å². The van der Waals surface area contributed by atoms with Crippen LogP contribution in [0.25, 0.3) is 0 Å². The van der Waals surface area contributed by atoms with Crippen LogP contribution >= 0.6 is 23.2 Å². The van der Waals surface area contributed by atoms with Crippen LogP contribution < -0.4 is 20.9 Å². The first-order chi connectivity index (χ1) is 17.9. The fourth-order valence-electron chi connectivity index (χ4n) is 3.08. The van der Waals surface area contributed by atoms with Gasteiger partial charge in [0.2, 0.25) is 5.95 Å². The molecule has 0 unspecified atom stereocenters. The molecule has 1 aromatic heterocycles. The van der Waals surface area contributed by atoms with E-state index in [2.05, 4.69) is 36.3 Å². The van der Waals surface area contributed by atoms with E-state index < -0.39 is 11.6 Å². The summed E-state index contributed by atoms with van der Waals surface area (Å²) in [5, 5.41) is 11.5. The fourth-order valence-corrected chi connectivity index (χ4v) is 3.50. The summed E-state index contributed by atoms with van der Waals surface area (Å²) in [6.45, 7) is 0. The van der Waals surface area contributed by atoms with Crippen LogP contribution in [0, 0.1) is 11.6 Å². The van der Waals surface area contributed by atoms with Crippen molar-refractivity contribution in [2.45, 2.75) is 0 Å². The van der Waals surface area contributed by atoms with Crippen LogP contribution in [-0.2, 0) is 0 Å². The highest BCUT2D eigenvalue weighted by atomic mass is 35.5. The van der Waals surface area contributed by atoms with Crippen molar-refractivity contribution < 1.29 is 13.5 Å². The summed E-state index contributed by atoms with van der Waals surface area (Å²) in [6, 6.07) is 17.3. The number of methoxy groups -OCH3 is 1. The molecule has 0 spiro atoms. The van der Waals surface area contributed by atoms with Crippen LogP contribution in [0.5, 0.6) is 5.75 Å². The second-order valence-electron chi connectivity index (χ2n) is 7.30. The standard InChI is InChI=1S/C25H19Cl2F2N7O/c1-37-22-11-3-2-10-21(22)32-25-33-23(35-30-13-15-17(26)6-4-8-19(15)28)12-24(34-25)36-31-14-16-18(27)7-5-9-20(16)29/h2-14H,1H3,(H3,32,33,34,35,36). The summed E-state index contributed by atoms with van der Waals surface area (Å²) >= 11 is 12.1. The van der Waals surface area contributed by atoms with Gasteiger partial charge in [0.05, 0.1) is 35.3 Å². The number of halogens is 4. The second-order valence-corrected chi connectivity index (χ2v) is 8.11. The maximum atomic E-state index is 14.0. The minimum Gasteiger partial charge on any atom is -0.495 e. The molecule has 0 amide bonds. The number of hydrazone groups is 2. The Kier molecular flexibility index (Phi) is 8.44. The van der Waals surface area contributed by atoms with E-state index in [9.17, 15) is 8.78 Å². The highest BCUT2D eigenvalue weighted by Gasteiger charge is 2.09. The minimum atomic E-state index is -0.525. The molecule has 37 heavy (non-hydrogen) atoms. The van der Waals surface area contributed by atoms with Gasteiger partial charge in [-0.25, -0.2) is 8.78 Å². The lowest BCUT2D eigenvalue weighted by Crippen LogP contribution is -2.05. The first-order valence-electron chi connectivity index (χ1n) is 10.7. The molecule has 0 saturated carbocycles. The Bertz CT molecular complexity index is 1340. The van der Waals surface area contributed by atoms with Crippen LogP contribution in [0.4, 0.5) is 32.1 Å². The highest BCUT2D eigenvalue weighted by molar-refractivity contribution is 6.33. The number of anilines is 4. The van der Waals surface area contributed by atoms with Gasteiger partial charge >= 0.3 is 0 Å². The number of hydrogen-bond acceptors (Lipinski definition) is 8. The number of rotatable bonds is 9. The molecule has 3 N–H and O–H groups in total. The van der Waals surface area contributed by atoms with Gasteiger partial charge in [0.1, 0.15) is 17.4 Å². The largest absolute Gasteiger partial charge is 0.495 e. The molecule has 0 atom stereocenters. The molecule has 0 fully saturated rings. The molecule has 0 aliphatic rings. The van der Waals surface area contributed by atoms with Crippen LogP contribution in [0.2, 0.25) is 10.0 Å². The number of aromatic nitrogens is 2. The van der Waals surface area contributed by atoms with E-state index in [1.54, 1.807) is 24.3 Å². The van der Waals surface area contributed by atoms with Gasteiger partial charge in [-0.1, -0.05) is 47.5 Å². The lowest BCUT2D eigenvalue weighted by Gasteiger charge is -2.12. The van der Waals surface area contributed by atoms with E-state index in [4.69, 9.17) is 27.9 Å². The molecule has 4 rings (SSSR count). The first kappa shape index (κ1) is 25.8. The maximum absolute atomic E-state index is 14.0. The Labute approximate surface area is 221 Å². The van der Waals surface area contributed by atoms with Crippen molar-refractivity contribution >= 4 is 58.9 Å². The maximum Gasteiger partial charge on any atom is 0.231 e. The van der Waals surface area contributed by atoms with Gasteiger partial charge in [0.15, 0.2) is 11.6 Å². The third-order valence-electron chi connectivity index (χ3n) is 4.82. The molecular weight excluding hydrogens is 523 g/mol. The van der Waals surface area contributed by atoms with Crippen molar-refractivity contribution in [3.8, 4) is 5.75 Å². The summed E-state index contributed by atoms with van der Waals surface area (Å²) in [4.78, 5) is 8.74. The normalized spacial score (nSPS) is 11.2. The molecule has 1 heterocycles. The molecule has 0 aliphatic heterocycles. The van der Waals surface area contributed by atoms with Gasteiger partial charge in [0, 0.05) is 17.2 Å². The SMILES string of the molecule is COc1ccccc1Nc1nc(NN=Cc2c(F)cccc2Cl)cc(NN=Cc2c(F)cccc2Cl)n1. The number of ether oxygens (including phenoxy) is 1. The lowest BCUT2D eigenvalue weighted by molar-refractivity contribution is 0.417. The van der Waals surface area contributed by atoms with Crippen molar-refractivity contribution in [1.82, 2.24) is 9.97 Å². The van der Waals surface area contributed by atoms with Gasteiger partial charge < -0.3 is 10.1 Å². The highest BCUT2D eigenvalue weighted by Crippen LogP contribution is 2.27. The van der Waals surface area contributed by atoms with Crippen LogP contribution in [0.15, 0.2) is 76.9 Å². The minimum absolute atomic E-state index is 0.114. The van der Waals surface area contributed by atoms with E-state index in [1.807, 2.05) is 12.1 Å². The molecule has 0 bridgehead atoms. The number of para-hydroxylation sites is 2. The Balaban J connectivity index is 1.61. The van der Waals surface area contributed by atoms with Crippen LogP contribution in [0.3, 0.4) is 0 Å². The molecule has 12 heteroatoms. The van der Waals surface area contributed by atoms with Gasteiger partial charge in [0.25, 0.3) is 0 Å².